The molecule has 0 aliphatic carbocycles. The number of imidazole rings is 1. The molecule has 5 heteroatoms. The van der Waals surface area contributed by atoms with Crippen LogP contribution in [0.2, 0.25) is 0 Å². The summed E-state index contributed by atoms with van der Waals surface area (Å²) >= 11 is 0. The Morgan fingerprint density at radius 2 is 2.26 bits per heavy atom. The van der Waals surface area contributed by atoms with Gasteiger partial charge in [-0.2, -0.15) is 5.26 Å². The van der Waals surface area contributed by atoms with E-state index in [4.69, 9.17) is 11.0 Å². The summed E-state index contributed by atoms with van der Waals surface area (Å²) in [5, 5.41) is 12.1. The molecule has 0 spiro atoms. The maximum Gasteiger partial charge on any atom is 0.101 e. The Morgan fingerprint density at radius 3 is 2.95 bits per heavy atom. The van der Waals surface area contributed by atoms with Gasteiger partial charge in [0.25, 0.3) is 0 Å². The first-order valence-corrected chi connectivity index (χ1v) is 6.29. The molecule has 0 saturated heterocycles. The van der Waals surface area contributed by atoms with Crippen LogP contribution in [-0.2, 0) is 6.54 Å². The lowest BCUT2D eigenvalue weighted by molar-refractivity contribution is 0.621. The van der Waals surface area contributed by atoms with Gasteiger partial charge in [-0.1, -0.05) is 0 Å². The number of aromatic nitrogens is 2. The number of benzene rings is 1. The minimum atomic E-state index is 0.519. The van der Waals surface area contributed by atoms with E-state index in [1.54, 1.807) is 18.3 Å². The number of nitrogens with two attached hydrogens (primary N) is 1. The molecule has 1 aromatic carbocycles. The van der Waals surface area contributed by atoms with Crippen molar-refractivity contribution in [1.82, 2.24) is 9.55 Å². The number of hydrogen-bond donors (Lipinski definition) is 2. The standard InChI is InChI=1S/C14H17N5/c15-10-12-3-4-13(9-14(12)16)18-5-1-2-7-19-8-6-17-11-19/h3-4,6,8-9,11,18H,1-2,5,7,16H2. The van der Waals surface area contributed by atoms with Crippen LogP contribution in [0.5, 0.6) is 0 Å². The van der Waals surface area contributed by atoms with Crippen molar-refractivity contribution in [3.63, 3.8) is 0 Å². The Balaban J connectivity index is 1.71. The molecule has 0 unspecified atom stereocenters. The molecule has 1 heterocycles. The lowest BCUT2D eigenvalue weighted by atomic mass is 10.2. The second-order valence-corrected chi connectivity index (χ2v) is 4.35. The lowest BCUT2D eigenvalue weighted by Crippen LogP contribution is -2.04. The molecule has 0 radical (unpaired) electrons. The van der Waals surface area contributed by atoms with Crippen LogP contribution in [0.25, 0.3) is 0 Å². The topological polar surface area (TPSA) is 79.7 Å². The summed E-state index contributed by atoms with van der Waals surface area (Å²) < 4.78 is 2.07. The van der Waals surface area contributed by atoms with Gasteiger partial charge in [-0.25, -0.2) is 4.98 Å². The second kappa shape index (κ2) is 6.45. The molecule has 1 aromatic heterocycles. The summed E-state index contributed by atoms with van der Waals surface area (Å²) in [6.45, 7) is 1.87. The van der Waals surface area contributed by atoms with E-state index >= 15 is 0 Å². The highest BCUT2D eigenvalue weighted by molar-refractivity contribution is 5.62. The van der Waals surface area contributed by atoms with Gasteiger partial charge in [0, 0.05) is 31.2 Å². The van der Waals surface area contributed by atoms with Gasteiger partial charge in [0.2, 0.25) is 0 Å². The third kappa shape index (κ3) is 3.75. The zero-order valence-corrected chi connectivity index (χ0v) is 10.7. The molecule has 5 nitrogen and oxygen atoms in total. The quantitative estimate of drug-likeness (QED) is 0.612. The summed E-state index contributed by atoms with van der Waals surface area (Å²) in [5.41, 5.74) is 7.75. The van der Waals surface area contributed by atoms with Gasteiger partial charge in [-0.05, 0) is 31.0 Å². The molecule has 3 N–H and O–H groups in total. The number of rotatable bonds is 6. The third-order valence-electron chi connectivity index (χ3n) is 2.90. The Labute approximate surface area is 112 Å². The monoisotopic (exact) mass is 255 g/mol. The van der Waals surface area contributed by atoms with Crippen molar-refractivity contribution in [3.8, 4) is 6.07 Å². The molecule has 0 aliphatic heterocycles. The molecule has 0 atom stereocenters. The average molecular weight is 255 g/mol. The predicted molar refractivity (Wildman–Crippen MR) is 75.5 cm³/mol. The smallest absolute Gasteiger partial charge is 0.101 e. The van der Waals surface area contributed by atoms with Crippen molar-refractivity contribution in [2.24, 2.45) is 0 Å². The molecule has 0 amide bonds. The maximum absolute atomic E-state index is 8.79. The summed E-state index contributed by atoms with van der Waals surface area (Å²) in [6, 6.07) is 7.47. The zero-order chi connectivity index (χ0) is 13.5. The molecular weight excluding hydrogens is 238 g/mol. The summed E-state index contributed by atoms with van der Waals surface area (Å²) in [7, 11) is 0. The van der Waals surface area contributed by atoms with E-state index in [0.29, 0.717) is 11.3 Å². The van der Waals surface area contributed by atoms with E-state index in [1.165, 1.54) is 0 Å². The Bertz CT molecular complexity index is 554. The zero-order valence-electron chi connectivity index (χ0n) is 10.7. The van der Waals surface area contributed by atoms with Crippen molar-refractivity contribution in [1.29, 1.82) is 5.26 Å². The van der Waals surface area contributed by atoms with Gasteiger partial charge >= 0.3 is 0 Å². The van der Waals surface area contributed by atoms with Crippen LogP contribution in [-0.4, -0.2) is 16.1 Å². The van der Waals surface area contributed by atoms with E-state index in [-0.39, 0.29) is 0 Å². The average Bonchev–Trinajstić information content (AvgIpc) is 2.92. The largest absolute Gasteiger partial charge is 0.398 e. The van der Waals surface area contributed by atoms with Crippen LogP contribution in [0, 0.1) is 11.3 Å². The molecule has 0 fully saturated rings. The third-order valence-corrected chi connectivity index (χ3v) is 2.90. The Kier molecular flexibility index (Phi) is 4.40. The van der Waals surface area contributed by atoms with Crippen molar-refractivity contribution in [2.75, 3.05) is 17.6 Å². The number of nitrogens with one attached hydrogen (secondary N) is 1. The normalized spacial score (nSPS) is 10.1. The fourth-order valence-corrected chi connectivity index (χ4v) is 1.85. The molecule has 19 heavy (non-hydrogen) atoms. The number of hydrogen-bond acceptors (Lipinski definition) is 4. The van der Waals surface area contributed by atoms with Crippen molar-refractivity contribution < 1.29 is 0 Å². The highest BCUT2D eigenvalue weighted by Crippen LogP contribution is 2.17. The first-order chi connectivity index (χ1) is 9.29. The molecule has 98 valence electrons. The van der Waals surface area contributed by atoms with E-state index in [2.05, 4.69) is 20.9 Å². The number of nitrogen functional groups attached to an aromatic ring is 1. The first kappa shape index (κ1) is 13.0. The fraction of sp³-hybridized carbons (Fsp3) is 0.286. The Morgan fingerprint density at radius 1 is 1.37 bits per heavy atom. The Hall–Kier alpha value is -2.48. The number of unbranched alkanes of at least 4 members (excludes halogenated alkanes) is 1. The SMILES string of the molecule is N#Cc1ccc(NCCCCn2ccnc2)cc1N. The van der Waals surface area contributed by atoms with Gasteiger partial charge in [0.1, 0.15) is 6.07 Å². The molecule has 2 aromatic rings. The van der Waals surface area contributed by atoms with Crippen LogP contribution < -0.4 is 11.1 Å². The van der Waals surface area contributed by atoms with Gasteiger partial charge in [0.05, 0.1) is 17.6 Å². The number of nitriles is 1. The number of aryl methyl sites for hydroxylation is 1. The molecule has 0 bridgehead atoms. The van der Waals surface area contributed by atoms with Crippen molar-refractivity contribution in [3.05, 3.63) is 42.5 Å². The second-order valence-electron chi connectivity index (χ2n) is 4.35. The predicted octanol–water partition coefficient (Wildman–Crippen LogP) is 2.23. The van der Waals surface area contributed by atoms with Crippen LogP contribution in [0.4, 0.5) is 11.4 Å². The van der Waals surface area contributed by atoms with E-state index in [9.17, 15) is 0 Å². The van der Waals surface area contributed by atoms with E-state index in [0.717, 1.165) is 31.6 Å². The minimum Gasteiger partial charge on any atom is -0.398 e. The van der Waals surface area contributed by atoms with E-state index < -0.39 is 0 Å². The molecular formula is C14H17N5. The van der Waals surface area contributed by atoms with Crippen LogP contribution in [0.1, 0.15) is 18.4 Å². The van der Waals surface area contributed by atoms with Crippen LogP contribution >= 0.6 is 0 Å². The van der Waals surface area contributed by atoms with Crippen LogP contribution in [0.15, 0.2) is 36.9 Å². The summed E-state index contributed by atoms with van der Waals surface area (Å²) in [4.78, 5) is 4.00. The van der Waals surface area contributed by atoms with Crippen LogP contribution in [0.3, 0.4) is 0 Å². The summed E-state index contributed by atoms with van der Waals surface area (Å²) in [5.74, 6) is 0. The fourth-order valence-electron chi connectivity index (χ4n) is 1.85. The van der Waals surface area contributed by atoms with E-state index in [1.807, 2.05) is 18.6 Å². The highest BCUT2D eigenvalue weighted by atomic mass is 15.0. The minimum absolute atomic E-state index is 0.519. The van der Waals surface area contributed by atoms with Crippen molar-refractivity contribution >= 4 is 11.4 Å². The lowest BCUT2D eigenvalue weighted by Gasteiger charge is -2.08. The van der Waals surface area contributed by atoms with Gasteiger partial charge in [-0.3, -0.25) is 0 Å². The maximum atomic E-state index is 8.79. The van der Waals surface area contributed by atoms with Crippen molar-refractivity contribution in [2.45, 2.75) is 19.4 Å². The highest BCUT2D eigenvalue weighted by Gasteiger charge is 1.99. The van der Waals surface area contributed by atoms with Gasteiger partial charge < -0.3 is 15.6 Å². The first-order valence-electron chi connectivity index (χ1n) is 6.29. The molecule has 0 aliphatic rings. The number of anilines is 2. The molecule has 2 rings (SSSR count). The molecule has 0 saturated carbocycles. The summed E-state index contributed by atoms with van der Waals surface area (Å²) in [6.07, 6.45) is 7.74. The van der Waals surface area contributed by atoms with Gasteiger partial charge in [-0.15, -0.1) is 0 Å². The van der Waals surface area contributed by atoms with Gasteiger partial charge in [0.15, 0.2) is 0 Å². The number of nitrogens with zero attached hydrogens (tertiary/aromatic N) is 3.